The Morgan fingerprint density at radius 3 is 1.84 bits per heavy atom. The van der Waals surface area contributed by atoms with Crippen LogP contribution < -0.4 is 9.97 Å². The maximum atomic E-state index is 11.6. The van der Waals surface area contributed by atoms with Crippen molar-refractivity contribution >= 4 is 81.6 Å². The van der Waals surface area contributed by atoms with Crippen LogP contribution in [-0.2, 0) is 33.1 Å². The van der Waals surface area contributed by atoms with Gasteiger partial charge in [0.1, 0.15) is 0 Å². The van der Waals surface area contributed by atoms with E-state index in [4.69, 9.17) is 45.2 Å². The van der Waals surface area contributed by atoms with E-state index in [1.807, 2.05) is 65.8 Å². The van der Waals surface area contributed by atoms with E-state index < -0.39 is 11.9 Å². The molecule has 0 aliphatic carbocycles. The summed E-state index contributed by atoms with van der Waals surface area (Å²) in [5.41, 5.74) is 13.1. The fraction of sp³-hybridized carbons (Fsp3) is 0.353. The number of aliphatic carboxylic acids is 2. The quantitative estimate of drug-likeness (QED) is 0.145. The molecule has 5 heterocycles. The van der Waals surface area contributed by atoms with Crippen molar-refractivity contribution < 1.29 is 36.9 Å². The minimum Gasteiger partial charge on any atom is -0.657 e. The molecule has 2 unspecified atom stereocenters. The molecular weight excluding hydrogens is 648 g/mol. The van der Waals surface area contributed by atoms with E-state index in [1.54, 1.807) is 0 Å². The van der Waals surface area contributed by atoms with Crippen LogP contribution in [0.4, 0.5) is 0 Å². The van der Waals surface area contributed by atoms with Gasteiger partial charge in [-0.25, -0.2) is 9.97 Å². The molecule has 2 atom stereocenters. The van der Waals surface area contributed by atoms with E-state index in [1.165, 1.54) is 0 Å². The molecule has 0 radical (unpaired) electrons. The molecule has 3 aromatic rings. The van der Waals surface area contributed by atoms with Crippen molar-refractivity contribution in [3.63, 3.8) is 0 Å². The zero-order chi connectivity index (χ0) is 32.0. The Morgan fingerprint density at radius 1 is 0.711 bits per heavy atom. The van der Waals surface area contributed by atoms with E-state index in [-0.39, 0.29) is 40.4 Å². The molecule has 5 rings (SSSR count). The molecule has 11 heteroatoms. The number of nitrogens with zero attached hydrogens (tertiary/aromatic N) is 4. The van der Waals surface area contributed by atoms with Gasteiger partial charge in [-0.05, 0) is 82.2 Å². The molecule has 2 aliphatic heterocycles. The Hall–Kier alpha value is -3.24. The first kappa shape index (κ1) is 34.6. The number of fused-ring (bicyclic) bond motifs is 8. The Kier molecular flexibility index (Phi) is 10.5. The predicted octanol–water partition coefficient (Wildman–Crippen LogP) is 7.24. The number of carboxylic acids is 2. The second-order valence-corrected chi connectivity index (χ2v) is 13.1. The number of aryl methyl sites for hydroxylation is 3. The SMILES string of the molecule is CC1=C(CCC(=O)O)c2cc3[n-]c(cc4nc(cc5[n-]c(cc1n2)c(C(C)S)c5C)C(C(C)S)=C4C)c(C)c3CCC(=O)O.[Fe+2]. The third-order valence-electron chi connectivity index (χ3n) is 8.49. The second kappa shape index (κ2) is 13.6. The van der Waals surface area contributed by atoms with E-state index in [9.17, 15) is 19.8 Å². The maximum Gasteiger partial charge on any atom is 2.00 e. The Labute approximate surface area is 284 Å². The molecule has 236 valence electrons. The van der Waals surface area contributed by atoms with Crippen LogP contribution in [0.25, 0.3) is 44.4 Å². The number of hydrogen-bond acceptors (Lipinski definition) is 6. The zero-order valence-corrected chi connectivity index (χ0v) is 28.9. The molecular formula is C34H36FeN4O4S2. The monoisotopic (exact) mass is 684 g/mol. The van der Waals surface area contributed by atoms with Crippen molar-refractivity contribution in [2.45, 2.75) is 77.7 Å². The molecule has 0 fully saturated rings. The van der Waals surface area contributed by atoms with Crippen molar-refractivity contribution in [3.8, 4) is 0 Å². The molecule has 0 saturated heterocycles. The molecule has 2 N–H and O–H groups in total. The van der Waals surface area contributed by atoms with Gasteiger partial charge in [-0.2, -0.15) is 25.3 Å². The number of thiol groups is 2. The van der Waals surface area contributed by atoms with Crippen molar-refractivity contribution in [2.75, 3.05) is 0 Å². The van der Waals surface area contributed by atoms with Crippen molar-refractivity contribution in [2.24, 2.45) is 0 Å². The number of hydrogen-bond donors (Lipinski definition) is 4. The smallest absolute Gasteiger partial charge is 0.657 e. The van der Waals surface area contributed by atoms with Crippen LogP contribution in [0.15, 0.2) is 24.3 Å². The second-order valence-electron chi connectivity index (χ2n) is 11.5. The fourth-order valence-electron chi connectivity index (χ4n) is 6.15. The van der Waals surface area contributed by atoms with Crippen LogP contribution in [0, 0.1) is 13.8 Å². The fourth-order valence-corrected chi connectivity index (χ4v) is 6.80. The number of rotatable bonds is 8. The largest absolute Gasteiger partial charge is 2.00 e. The summed E-state index contributed by atoms with van der Waals surface area (Å²) in [5.74, 6) is -1.79. The summed E-state index contributed by atoms with van der Waals surface area (Å²) in [5, 5.41) is 18.8. The third kappa shape index (κ3) is 6.82. The van der Waals surface area contributed by atoms with Gasteiger partial charge in [0.15, 0.2) is 0 Å². The minimum atomic E-state index is -0.895. The molecule has 0 spiro atoms. The van der Waals surface area contributed by atoms with Gasteiger partial charge < -0.3 is 20.2 Å². The van der Waals surface area contributed by atoms with Gasteiger partial charge in [-0.3, -0.25) is 9.59 Å². The number of carbonyl (C=O) groups is 2. The number of allylic oxidation sites excluding steroid dienone is 3. The van der Waals surface area contributed by atoms with Crippen LogP contribution >= 0.6 is 25.3 Å². The summed E-state index contributed by atoms with van der Waals surface area (Å²) in [6, 6.07) is 7.75. The standard InChI is InChI=1S/C34H38N4O4S2.Fe/c1-15-21(7-9-31(39)40)27-14-28-22(8-10-32(41)42)16(2)24(36-28)12-29-34(20(6)44)18(4)26(38-29)13-30-33(19(5)43)17(3)25(37-30)11-23(15)35-27;/h11-14,19-20H,7-10H2,1-6H3,(H6,35,36,37,38,39,40,41,42,43,44);/q;+2/p-2. The molecule has 8 bridgehead atoms. The molecule has 3 aromatic heterocycles. The van der Waals surface area contributed by atoms with Gasteiger partial charge in [0, 0.05) is 23.3 Å². The molecule has 0 aromatic carbocycles. The molecule has 2 aliphatic rings. The minimum absolute atomic E-state index is 0. The topological polar surface area (TPSA) is 129 Å². The summed E-state index contributed by atoms with van der Waals surface area (Å²) in [7, 11) is 0. The van der Waals surface area contributed by atoms with Gasteiger partial charge in [0.25, 0.3) is 0 Å². The van der Waals surface area contributed by atoms with Gasteiger partial charge >= 0.3 is 29.0 Å². The average Bonchev–Trinajstić information content (AvgIpc) is 3.59. The predicted molar refractivity (Wildman–Crippen MR) is 182 cm³/mol. The van der Waals surface area contributed by atoms with Gasteiger partial charge in [0.2, 0.25) is 0 Å². The summed E-state index contributed by atoms with van der Waals surface area (Å²) in [4.78, 5) is 43.1. The summed E-state index contributed by atoms with van der Waals surface area (Å²) >= 11 is 9.58. The molecule has 0 saturated carbocycles. The summed E-state index contributed by atoms with van der Waals surface area (Å²) in [6.07, 6.45) is 0.495. The Bertz CT molecular complexity index is 1940. The van der Waals surface area contributed by atoms with E-state index in [0.29, 0.717) is 35.3 Å². The van der Waals surface area contributed by atoms with Crippen LogP contribution in [0.3, 0.4) is 0 Å². The molecule has 8 nitrogen and oxygen atoms in total. The maximum absolute atomic E-state index is 11.6. The van der Waals surface area contributed by atoms with Gasteiger partial charge in [-0.1, -0.05) is 41.0 Å². The van der Waals surface area contributed by atoms with Crippen LogP contribution in [-0.4, -0.2) is 37.4 Å². The van der Waals surface area contributed by atoms with Crippen LogP contribution in [0.5, 0.6) is 0 Å². The molecule has 0 amide bonds. The summed E-state index contributed by atoms with van der Waals surface area (Å²) < 4.78 is 0. The Balaban J connectivity index is 0.00000461. The number of carboxylic acid groups (broad SMARTS) is 2. The summed E-state index contributed by atoms with van der Waals surface area (Å²) in [6.45, 7) is 12.0. The van der Waals surface area contributed by atoms with Gasteiger partial charge in [-0.15, -0.1) is 22.1 Å². The zero-order valence-electron chi connectivity index (χ0n) is 26.0. The van der Waals surface area contributed by atoms with Crippen LogP contribution in [0.1, 0.15) is 97.2 Å². The van der Waals surface area contributed by atoms with Crippen molar-refractivity contribution in [1.29, 1.82) is 0 Å². The van der Waals surface area contributed by atoms with E-state index >= 15 is 0 Å². The van der Waals surface area contributed by atoms with Crippen LogP contribution in [0.2, 0.25) is 0 Å². The van der Waals surface area contributed by atoms with Crippen molar-refractivity contribution in [1.82, 2.24) is 19.9 Å². The first-order chi connectivity index (χ1) is 20.8. The first-order valence-electron chi connectivity index (χ1n) is 14.6. The molecule has 45 heavy (non-hydrogen) atoms. The van der Waals surface area contributed by atoms with E-state index in [0.717, 1.165) is 67.0 Å². The van der Waals surface area contributed by atoms with Crippen molar-refractivity contribution in [3.05, 3.63) is 69.3 Å². The van der Waals surface area contributed by atoms with E-state index in [2.05, 4.69) is 0 Å². The van der Waals surface area contributed by atoms with Gasteiger partial charge in [0.05, 0.1) is 22.8 Å². The number of aromatic nitrogens is 4. The first-order valence-corrected chi connectivity index (χ1v) is 15.6. The third-order valence-corrected chi connectivity index (χ3v) is 9.01. The average molecular weight is 685 g/mol. The Morgan fingerprint density at radius 2 is 1.22 bits per heavy atom. The normalized spacial score (nSPS) is 14.4.